The number of halogens is 6. The Morgan fingerprint density at radius 2 is 1.81 bits per heavy atom. The van der Waals surface area contributed by atoms with Gasteiger partial charge in [0.15, 0.2) is 5.69 Å². The molecule has 0 saturated carbocycles. The quantitative estimate of drug-likeness (QED) is 0.476. The third-order valence-corrected chi connectivity index (χ3v) is 5.02. The molecular formula is C17H8Cl2F4N2OS. The number of amides is 1. The number of thiazole rings is 1. The van der Waals surface area contributed by atoms with Crippen LogP contribution in [0.25, 0.3) is 10.6 Å². The van der Waals surface area contributed by atoms with E-state index in [0.29, 0.717) is 16.4 Å². The van der Waals surface area contributed by atoms with Crippen molar-refractivity contribution in [3.8, 4) is 10.6 Å². The number of hydrogen-bond acceptors (Lipinski definition) is 3. The summed E-state index contributed by atoms with van der Waals surface area (Å²) in [7, 11) is 0. The van der Waals surface area contributed by atoms with Gasteiger partial charge in [-0.3, -0.25) is 4.79 Å². The highest BCUT2D eigenvalue weighted by Gasteiger charge is 2.40. The van der Waals surface area contributed by atoms with Gasteiger partial charge in [0.05, 0.1) is 10.7 Å². The monoisotopic (exact) mass is 434 g/mol. The minimum absolute atomic E-state index is 0.0586. The maximum absolute atomic E-state index is 13.9. The Morgan fingerprint density at radius 1 is 1.11 bits per heavy atom. The number of carbonyl (C=O) groups is 1. The largest absolute Gasteiger partial charge is 0.435 e. The lowest BCUT2D eigenvalue weighted by molar-refractivity contribution is -0.141. The molecule has 140 valence electrons. The van der Waals surface area contributed by atoms with Gasteiger partial charge in [-0.2, -0.15) is 13.2 Å². The fourth-order valence-electron chi connectivity index (χ4n) is 2.19. The van der Waals surface area contributed by atoms with Crippen LogP contribution in [0.3, 0.4) is 0 Å². The Labute approximate surface area is 164 Å². The number of anilines is 1. The van der Waals surface area contributed by atoms with Gasteiger partial charge in [0.1, 0.15) is 15.7 Å². The maximum Gasteiger partial charge on any atom is 0.435 e. The van der Waals surface area contributed by atoms with Crippen LogP contribution >= 0.6 is 34.5 Å². The van der Waals surface area contributed by atoms with Crippen molar-refractivity contribution in [3.63, 3.8) is 0 Å². The lowest BCUT2D eigenvalue weighted by Crippen LogP contribution is -2.17. The molecule has 3 aromatic rings. The Hall–Kier alpha value is -2.16. The van der Waals surface area contributed by atoms with Gasteiger partial charge in [-0.25, -0.2) is 9.37 Å². The Bertz CT molecular complexity index is 1020. The number of rotatable bonds is 3. The summed E-state index contributed by atoms with van der Waals surface area (Å²) in [5.74, 6) is -1.81. The van der Waals surface area contributed by atoms with Crippen molar-refractivity contribution >= 4 is 46.1 Å². The second kappa shape index (κ2) is 7.46. The van der Waals surface area contributed by atoms with Gasteiger partial charge in [0.2, 0.25) is 0 Å². The van der Waals surface area contributed by atoms with Crippen LogP contribution in [-0.4, -0.2) is 10.9 Å². The van der Waals surface area contributed by atoms with Crippen LogP contribution in [0.5, 0.6) is 0 Å². The maximum atomic E-state index is 13.9. The summed E-state index contributed by atoms with van der Waals surface area (Å²) in [4.78, 5) is 15.2. The molecule has 1 aromatic heterocycles. The summed E-state index contributed by atoms with van der Waals surface area (Å²) in [6.07, 6.45) is -4.89. The third-order valence-electron chi connectivity index (χ3n) is 3.39. The first-order chi connectivity index (χ1) is 12.7. The number of nitrogens with zero attached hydrogens (tertiary/aromatic N) is 1. The lowest BCUT2D eigenvalue weighted by atomic mass is 10.2. The molecule has 0 aliphatic heterocycles. The van der Waals surface area contributed by atoms with Crippen LogP contribution in [0, 0.1) is 5.82 Å². The molecule has 3 rings (SSSR count). The zero-order valence-corrected chi connectivity index (χ0v) is 15.4. The highest BCUT2D eigenvalue weighted by Crippen LogP contribution is 2.39. The summed E-state index contributed by atoms with van der Waals surface area (Å²) < 4.78 is 53.9. The van der Waals surface area contributed by atoms with E-state index in [4.69, 9.17) is 23.2 Å². The van der Waals surface area contributed by atoms with E-state index in [2.05, 4.69) is 10.3 Å². The molecule has 10 heteroatoms. The molecule has 0 saturated heterocycles. The molecule has 2 aromatic carbocycles. The molecule has 0 radical (unpaired) electrons. The van der Waals surface area contributed by atoms with Crippen LogP contribution in [0.4, 0.5) is 23.2 Å². The van der Waals surface area contributed by atoms with Crippen molar-refractivity contribution in [2.75, 3.05) is 5.32 Å². The highest BCUT2D eigenvalue weighted by atomic mass is 35.5. The molecular weight excluding hydrogens is 427 g/mol. The van der Waals surface area contributed by atoms with Crippen molar-refractivity contribution in [2.45, 2.75) is 6.18 Å². The topological polar surface area (TPSA) is 42.0 Å². The molecule has 0 unspecified atom stereocenters. The Morgan fingerprint density at radius 3 is 2.44 bits per heavy atom. The zero-order valence-electron chi connectivity index (χ0n) is 13.1. The van der Waals surface area contributed by atoms with Crippen molar-refractivity contribution in [2.24, 2.45) is 0 Å². The second-order valence-corrected chi connectivity index (χ2v) is 7.10. The van der Waals surface area contributed by atoms with E-state index >= 15 is 0 Å². The number of alkyl halides is 3. The van der Waals surface area contributed by atoms with Crippen molar-refractivity contribution in [3.05, 3.63) is 68.9 Å². The fourth-order valence-corrected chi connectivity index (χ4v) is 3.65. The zero-order chi connectivity index (χ0) is 19.8. The van der Waals surface area contributed by atoms with Gasteiger partial charge in [0.25, 0.3) is 5.91 Å². The highest BCUT2D eigenvalue weighted by molar-refractivity contribution is 7.17. The van der Waals surface area contributed by atoms with Crippen LogP contribution in [0.2, 0.25) is 10.0 Å². The molecule has 1 heterocycles. The van der Waals surface area contributed by atoms with E-state index in [-0.39, 0.29) is 21.3 Å². The summed E-state index contributed by atoms with van der Waals surface area (Å²) >= 11 is 12.1. The van der Waals surface area contributed by atoms with Gasteiger partial charge in [-0.1, -0.05) is 35.3 Å². The van der Waals surface area contributed by atoms with Crippen molar-refractivity contribution < 1.29 is 22.4 Å². The molecule has 0 fully saturated rings. The SMILES string of the molecule is O=C(Nc1ccc(Cl)cc1Cl)c1sc(-c2ccccc2F)nc1C(F)(F)F. The molecule has 0 bridgehead atoms. The van der Waals surface area contributed by atoms with Gasteiger partial charge < -0.3 is 5.32 Å². The molecule has 27 heavy (non-hydrogen) atoms. The number of benzene rings is 2. The van der Waals surface area contributed by atoms with Crippen molar-refractivity contribution in [1.29, 1.82) is 0 Å². The number of carbonyl (C=O) groups excluding carboxylic acids is 1. The molecule has 1 amide bonds. The third kappa shape index (κ3) is 4.23. The average Bonchev–Trinajstić information content (AvgIpc) is 3.03. The van der Waals surface area contributed by atoms with E-state index in [1.807, 2.05) is 0 Å². The van der Waals surface area contributed by atoms with Gasteiger partial charge >= 0.3 is 6.18 Å². The molecule has 0 aliphatic carbocycles. The minimum Gasteiger partial charge on any atom is -0.320 e. The van der Waals surface area contributed by atoms with E-state index in [1.165, 1.54) is 36.4 Å². The normalized spacial score (nSPS) is 11.5. The lowest BCUT2D eigenvalue weighted by Gasteiger charge is -2.08. The van der Waals surface area contributed by atoms with E-state index in [0.717, 1.165) is 6.07 Å². The Balaban J connectivity index is 2.03. The molecule has 1 N–H and O–H groups in total. The smallest absolute Gasteiger partial charge is 0.320 e. The van der Waals surface area contributed by atoms with Gasteiger partial charge in [-0.05, 0) is 30.3 Å². The van der Waals surface area contributed by atoms with Gasteiger partial charge in [0, 0.05) is 10.6 Å². The van der Waals surface area contributed by atoms with Crippen molar-refractivity contribution in [1.82, 2.24) is 4.98 Å². The van der Waals surface area contributed by atoms with E-state index in [1.54, 1.807) is 0 Å². The minimum atomic E-state index is -4.89. The van der Waals surface area contributed by atoms with Gasteiger partial charge in [-0.15, -0.1) is 11.3 Å². The molecule has 0 atom stereocenters. The van der Waals surface area contributed by atoms with E-state index in [9.17, 15) is 22.4 Å². The summed E-state index contributed by atoms with van der Waals surface area (Å²) in [6, 6.07) is 9.34. The molecule has 0 spiro atoms. The van der Waals surface area contributed by atoms with E-state index < -0.39 is 28.5 Å². The summed E-state index contributed by atoms with van der Waals surface area (Å²) in [6.45, 7) is 0. The standard InChI is InChI=1S/C17H8Cl2F4N2OS/c18-8-5-6-12(10(19)7-8)24-15(26)13-14(17(21,22)23)25-16(27-13)9-3-1-2-4-11(9)20/h1-7H,(H,24,26). The molecule has 3 nitrogen and oxygen atoms in total. The predicted octanol–water partition coefficient (Wildman–Crippen LogP) is 6.53. The number of aromatic nitrogens is 1. The average molecular weight is 435 g/mol. The summed E-state index contributed by atoms with van der Waals surface area (Å²) in [5.41, 5.74) is -1.44. The van der Waals surface area contributed by atoms with Crippen LogP contribution in [0.1, 0.15) is 15.4 Å². The molecule has 0 aliphatic rings. The first-order valence-electron chi connectivity index (χ1n) is 7.26. The Kier molecular flexibility index (Phi) is 5.41. The van der Waals surface area contributed by atoms with Crippen LogP contribution in [-0.2, 0) is 6.18 Å². The van der Waals surface area contributed by atoms with Crippen LogP contribution in [0.15, 0.2) is 42.5 Å². The summed E-state index contributed by atoms with van der Waals surface area (Å²) in [5, 5.41) is 2.39. The van der Waals surface area contributed by atoms with Crippen LogP contribution < -0.4 is 5.32 Å². The number of nitrogens with one attached hydrogen (secondary N) is 1. The number of hydrogen-bond donors (Lipinski definition) is 1. The first-order valence-corrected chi connectivity index (χ1v) is 8.83. The fraction of sp³-hybridized carbons (Fsp3) is 0.0588. The predicted molar refractivity (Wildman–Crippen MR) is 96.9 cm³/mol. The second-order valence-electron chi connectivity index (χ2n) is 5.25. The first kappa shape index (κ1) is 19.6.